The molecule has 1 saturated heterocycles. The van der Waals surface area contributed by atoms with Gasteiger partial charge in [0, 0.05) is 43.8 Å². The Bertz CT molecular complexity index is 699. The van der Waals surface area contributed by atoms with Crippen molar-refractivity contribution < 1.29 is 4.92 Å². The van der Waals surface area contributed by atoms with Crippen LogP contribution in [-0.4, -0.2) is 34.5 Å². The van der Waals surface area contributed by atoms with Gasteiger partial charge in [-0.1, -0.05) is 0 Å². The number of aryl methyl sites for hydroxylation is 1. The summed E-state index contributed by atoms with van der Waals surface area (Å²) in [4.78, 5) is 21.1. The third-order valence-electron chi connectivity index (χ3n) is 4.47. The molecule has 0 atom stereocenters. The molecule has 0 radical (unpaired) electrons. The average Bonchev–Trinajstić information content (AvgIpc) is 2.61. The van der Waals surface area contributed by atoms with Crippen LogP contribution in [0.4, 0.5) is 17.2 Å². The lowest BCUT2D eigenvalue weighted by Crippen LogP contribution is -2.35. The minimum Gasteiger partial charge on any atom is -0.371 e. The normalized spacial score (nSPS) is 15.3. The Morgan fingerprint density at radius 1 is 1.25 bits per heavy atom. The summed E-state index contributed by atoms with van der Waals surface area (Å²) in [5.41, 5.74) is 1.73. The van der Waals surface area contributed by atoms with Gasteiger partial charge in [0.1, 0.15) is 11.5 Å². The molecule has 1 N–H and O–H groups in total. The van der Waals surface area contributed by atoms with Crippen LogP contribution in [-0.2, 0) is 0 Å². The van der Waals surface area contributed by atoms with Gasteiger partial charge in [-0.2, -0.15) is 0 Å². The maximum Gasteiger partial charge on any atom is 0.290 e. The first-order valence-electron chi connectivity index (χ1n) is 8.14. The van der Waals surface area contributed by atoms with Gasteiger partial charge in [0.25, 0.3) is 5.69 Å². The lowest BCUT2D eigenvalue weighted by molar-refractivity contribution is -0.385. The van der Waals surface area contributed by atoms with Gasteiger partial charge < -0.3 is 10.2 Å². The average molecular weight is 327 g/mol. The molecule has 2 aromatic heterocycles. The highest BCUT2D eigenvalue weighted by Crippen LogP contribution is 2.23. The number of piperidine rings is 1. The van der Waals surface area contributed by atoms with Gasteiger partial charge in [-0.05, 0) is 43.9 Å². The molecule has 1 aliphatic heterocycles. The first-order chi connectivity index (χ1) is 11.6. The number of nitro groups is 1. The van der Waals surface area contributed by atoms with Gasteiger partial charge in [-0.15, -0.1) is 0 Å². The zero-order valence-electron chi connectivity index (χ0n) is 13.7. The summed E-state index contributed by atoms with van der Waals surface area (Å²) >= 11 is 0. The van der Waals surface area contributed by atoms with Crippen LogP contribution in [0.1, 0.15) is 18.5 Å². The maximum atomic E-state index is 10.8. The Morgan fingerprint density at radius 3 is 2.58 bits per heavy atom. The summed E-state index contributed by atoms with van der Waals surface area (Å²) < 4.78 is 0. The van der Waals surface area contributed by atoms with Crippen LogP contribution in [0, 0.1) is 23.0 Å². The van der Waals surface area contributed by atoms with Crippen LogP contribution in [0.2, 0.25) is 0 Å². The largest absolute Gasteiger partial charge is 0.371 e. The number of aromatic nitrogens is 2. The van der Waals surface area contributed by atoms with Crippen molar-refractivity contribution in [2.24, 2.45) is 5.92 Å². The van der Waals surface area contributed by atoms with E-state index >= 15 is 0 Å². The Kier molecular flexibility index (Phi) is 4.88. The molecule has 7 nitrogen and oxygen atoms in total. The van der Waals surface area contributed by atoms with Crippen molar-refractivity contribution in [1.82, 2.24) is 9.97 Å². The van der Waals surface area contributed by atoms with Crippen molar-refractivity contribution in [3.8, 4) is 0 Å². The second-order valence-corrected chi connectivity index (χ2v) is 6.07. The third-order valence-corrected chi connectivity index (χ3v) is 4.47. The molecule has 7 heteroatoms. The fourth-order valence-electron chi connectivity index (χ4n) is 3.04. The van der Waals surface area contributed by atoms with Crippen LogP contribution in [0.5, 0.6) is 0 Å². The fraction of sp³-hybridized carbons (Fsp3) is 0.412. The molecule has 0 spiro atoms. The topological polar surface area (TPSA) is 84.2 Å². The number of hydrogen-bond donors (Lipinski definition) is 1. The number of pyridine rings is 2. The molecule has 0 aliphatic carbocycles. The van der Waals surface area contributed by atoms with E-state index in [-0.39, 0.29) is 5.69 Å². The van der Waals surface area contributed by atoms with E-state index in [1.807, 2.05) is 24.5 Å². The Hall–Kier alpha value is -2.70. The highest BCUT2D eigenvalue weighted by molar-refractivity contribution is 5.46. The van der Waals surface area contributed by atoms with Crippen molar-refractivity contribution in [3.05, 3.63) is 52.5 Å². The van der Waals surface area contributed by atoms with Gasteiger partial charge in [0.05, 0.1) is 4.92 Å². The van der Waals surface area contributed by atoms with Gasteiger partial charge in [0.2, 0.25) is 0 Å². The first kappa shape index (κ1) is 16.2. The van der Waals surface area contributed by atoms with Gasteiger partial charge in [0.15, 0.2) is 0 Å². The number of hydrogen-bond acceptors (Lipinski definition) is 6. The second kappa shape index (κ2) is 7.25. The summed E-state index contributed by atoms with van der Waals surface area (Å²) in [5.74, 6) is 1.29. The van der Waals surface area contributed by atoms with Gasteiger partial charge in [-0.25, -0.2) is 4.98 Å². The van der Waals surface area contributed by atoms with E-state index in [4.69, 9.17) is 0 Å². The Labute approximate surface area is 140 Å². The predicted molar refractivity (Wildman–Crippen MR) is 93.3 cm³/mol. The SMILES string of the molecule is Cc1nc(NCC2CCN(c3ccncc3)CC2)ccc1[N+](=O)[O-]. The second-order valence-electron chi connectivity index (χ2n) is 6.07. The fourth-order valence-corrected chi connectivity index (χ4v) is 3.04. The molecule has 1 fully saturated rings. The molecule has 0 saturated carbocycles. The maximum absolute atomic E-state index is 10.8. The van der Waals surface area contributed by atoms with E-state index in [9.17, 15) is 10.1 Å². The van der Waals surface area contributed by atoms with Crippen LogP contribution >= 0.6 is 0 Å². The number of anilines is 2. The van der Waals surface area contributed by atoms with Crippen LogP contribution < -0.4 is 10.2 Å². The first-order valence-corrected chi connectivity index (χ1v) is 8.14. The van der Waals surface area contributed by atoms with Crippen molar-refractivity contribution in [2.45, 2.75) is 19.8 Å². The van der Waals surface area contributed by atoms with E-state index in [1.165, 1.54) is 11.8 Å². The summed E-state index contributed by atoms with van der Waals surface area (Å²) in [6.45, 7) is 4.57. The number of rotatable bonds is 5. The molecule has 0 unspecified atom stereocenters. The number of nitrogens with one attached hydrogen (secondary N) is 1. The molecule has 126 valence electrons. The minimum absolute atomic E-state index is 0.0613. The predicted octanol–water partition coefficient (Wildman–Crippen LogP) is 3.02. The molecule has 0 amide bonds. The van der Waals surface area contributed by atoms with Crippen molar-refractivity contribution in [1.29, 1.82) is 0 Å². The Balaban J connectivity index is 1.50. The summed E-state index contributed by atoms with van der Waals surface area (Å²) in [6.07, 6.45) is 5.87. The standard InChI is InChI=1S/C17H21N5O2/c1-13-16(22(23)24)2-3-17(20-13)19-12-14-6-10-21(11-7-14)15-4-8-18-9-5-15/h2-5,8-9,14H,6-7,10-12H2,1H3,(H,19,20). The van der Waals surface area contributed by atoms with E-state index in [0.29, 0.717) is 17.4 Å². The van der Waals surface area contributed by atoms with Gasteiger partial charge in [-0.3, -0.25) is 15.1 Å². The smallest absolute Gasteiger partial charge is 0.290 e. The summed E-state index contributed by atoms with van der Waals surface area (Å²) in [7, 11) is 0. The Morgan fingerprint density at radius 2 is 1.96 bits per heavy atom. The molecule has 1 aliphatic rings. The number of nitrogens with zero attached hydrogens (tertiary/aromatic N) is 4. The lowest BCUT2D eigenvalue weighted by atomic mass is 9.96. The van der Waals surface area contributed by atoms with E-state index < -0.39 is 4.92 Å². The van der Waals surface area contributed by atoms with Crippen molar-refractivity contribution in [3.63, 3.8) is 0 Å². The van der Waals surface area contributed by atoms with Crippen LogP contribution in [0.25, 0.3) is 0 Å². The molecule has 2 aromatic rings. The monoisotopic (exact) mass is 327 g/mol. The molecule has 3 heterocycles. The van der Waals surface area contributed by atoms with Crippen LogP contribution in [0.3, 0.4) is 0 Å². The van der Waals surface area contributed by atoms with Gasteiger partial charge >= 0.3 is 0 Å². The van der Waals surface area contributed by atoms with Crippen molar-refractivity contribution >= 4 is 17.2 Å². The highest BCUT2D eigenvalue weighted by atomic mass is 16.6. The molecular formula is C17H21N5O2. The molecule has 3 rings (SSSR count). The van der Waals surface area contributed by atoms with E-state index in [2.05, 4.69) is 20.2 Å². The quantitative estimate of drug-likeness (QED) is 0.671. The zero-order chi connectivity index (χ0) is 16.9. The molecular weight excluding hydrogens is 306 g/mol. The molecule has 24 heavy (non-hydrogen) atoms. The minimum atomic E-state index is -0.402. The highest BCUT2D eigenvalue weighted by Gasteiger charge is 2.19. The van der Waals surface area contributed by atoms with E-state index in [0.717, 1.165) is 32.5 Å². The third kappa shape index (κ3) is 3.79. The summed E-state index contributed by atoms with van der Waals surface area (Å²) in [5, 5.41) is 14.1. The zero-order valence-corrected chi connectivity index (χ0v) is 13.7. The molecule has 0 bridgehead atoms. The van der Waals surface area contributed by atoms with Crippen LogP contribution in [0.15, 0.2) is 36.7 Å². The molecule has 0 aromatic carbocycles. The van der Waals surface area contributed by atoms with E-state index in [1.54, 1.807) is 13.0 Å². The van der Waals surface area contributed by atoms with Crippen molar-refractivity contribution in [2.75, 3.05) is 29.9 Å². The lowest BCUT2D eigenvalue weighted by Gasteiger charge is -2.33. The summed E-state index contributed by atoms with van der Waals surface area (Å²) in [6, 6.07) is 7.28.